The molecule has 5 rings (SSSR count). The third-order valence-electron chi connectivity index (χ3n) is 6.27. The van der Waals surface area contributed by atoms with Crippen LogP contribution in [0, 0.1) is 0 Å². The molecule has 1 saturated carbocycles. The number of hydrogen-bond donors (Lipinski definition) is 3. The van der Waals surface area contributed by atoms with Crippen molar-refractivity contribution in [3.8, 4) is 0 Å². The Bertz CT molecular complexity index is 1230. The molecule has 11 heteroatoms. The van der Waals surface area contributed by atoms with Crippen LogP contribution in [0.2, 0.25) is 0 Å². The number of ether oxygens (including phenoxy) is 1. The van der Waals surface area contributed by atoms with Crippen LogP contribution < -0.4 is 17.0 Å². The lowest BCUT2D eigenvalue weighted by molar-refractivity contribution is -0.121. The van der Waals surface area contributed by atoms with Crippen LogP contribution in [-0.2, 0) is 11.2 Å². The second-order valence-electron chi connectivity index (χ2n) is 8.21. The minimum atomic E-state index is -3.27. The maximum atomic E-state index is 15.5. The highest BCUT2D eigenvalue weighted by atomic mass is 32.1. The highest BCUT2D eigenvalue weighted by Gasteiger charge is 2.47. The lowest BCUT2D eigenvalue weighted by Gasteiger charge is -2.32. The summed E-state index contributed by atoms with van der Waals surface area (Å²) in [7, 11) is 1.33. The van der Waals surface area contributed by atoms with Gasteiger partial charge in [0.15, 0.2) is 0 Å². The SMILES string of the molecule is COC1c2c(c(=O)[nH]c(=O)n2C2CC2)C(N)=C(F)C1c1cc2c(s1)CCC(F)(F)C2O. The number of nitrogens with one attached hydrogen (secondary N) is 1. The number of nitrogens with two attached hydrogens (primary N) is 1. The van der Waals surface area contributed by atoms with Gasteiger partial charge >= 0.3 is 5.69 Å². The first-order valence-corrected chi connectivity index (χ1v) is 10.7. The summed E-state index contributed by atoms with van der Waals surface area (Å²) >= 11 is 1.11. The van der Waals surface area contributed by atoms with Gasteiger partial charge in [0.2, 0.25) is 0 Å². The van der Waals surface area contributed by atoms with Gasteiger partial charge in [0.05, 0.1) is 22.9 Å². The second kappa shape index (κ2) is 6.81. The predicted molar refractivity (Wildman–Crippen MR) is 107 cm³/mol. The van der Waals surface area contributed by atoms with Crippen molar-refractivity contribution in [2.24, 2.45) is 5.73 Å². The number of aromatic amines is 1. The van der Waals surface area contributed by atoms with Crippen molar-refractivity contribution in [2.45, 2.75) is 55.8 Å². The Morgan fingerprint density at radius 3 is 2.71 bits per heavy atom. The van der Waals surface area contributed by atoms with Crippen LogP contribution in [0.25, 0.3) is 5.70 Å². The van der Waals surface area contributed by atoms with Crippen LogP contribution in [0.1, 0.15) is 70.0 Å². The molecule has 3 atom stereocenters. The topological polar surface area (TPSA) is 110 Å². The number of rotatable bonds is 3. The van der Waals surface area contributed by atoms with E-state index in [0.29, 0.717) is 9.75 Å². The molecule has 4 N–H and O–H groups in total. The number of aryl methyl sites for hydroxylation is 1. The highest BCUT2D eigenvalue weighted by molar-refractivity contribution is 7.12. The van der Waals surface area contributed by atoms with Gasteiger partial charge in [-0.05, 0) is 25.3 Å². The van der Waals surface area contributed by atoms with E-state index < -0.39 is 53.2 Å². The van der Waals surface area contributed by atoms with Crippen molar-refractivity contribution < 1.29 is 23.0 Å². The Hall–Kier alpha value is -2.37. The molecule has 2 aromatic heterocycles. The van der Waals surface area contributed by atoms with Crippen molar-refractivity contribution in [1.29, 1.82) is 0 Å². The van der Waals surface area contributed by atoms with Gasteiger partial charge < -0.3 is 15.6 Å². The van der Waals surface area contributed by atoms with E-state index in [0.717, 1.165) is 24.2 Å². The summed E-state index contributed by atoms with van der Waals surface area (Å²) in [5.74, 6) is -5.22. The van der Waals surface area contributed by atoms with Crippen molar-refractivity contribution in [3.05, 3.63) is 59.3 Å². The average Bonchev–Trinajstić information content (AvgIpc) is 3.45. The van der Waals surface area contributed by atoms with Crippen molar-refractivity contribution in [1.82, 2.24) is 9.55 Å². The van der Waals surface area contributed by atoms with Crippen LogP contribution >= 0.6 is 11.3 Å². The summed E-state index contributed by atoms with van der Waals surface area (Å²) in [6.07, 6.45) is -2.04. The molecule has 2 heterocycles. The Labute approximate surface area is 178 Å². The predicted octanol–water partition coefficient (Wildman–Crippen LogP) is 2.63. The second-order valence-corrected chi connectivity index (χ2v) is 9.38. The third kappa shape index (κ3) is 2.94. The van der Waals surface area contributed by atoms with Crippen molar-refractivity contribution in [2.75, 3.05) is 7.11 Å². The van der Waals surface area contributed by atoms with E-state index in [4.69, 9.17) is 10.5 Å². The number of H-pyrrole nitrogens is 1. The molecule has 0 amide bonds. The molecule has 31 heavy (non-hydrogen) atoms. The number of fused-ring (bicyclic) bond motifs is 2. The minimum absolute atomic E-state index is 0.0539. The van der Waals surface area contributed by atoms with E-state index in [1.54, 1.807) is 0 Å². The van der Waals surface area contributed by atoms with E-state index in [9.17, 15) is 23.5 Å². The van der Waals surface area contributed by atoms with Crippen LogP contribution in [0.4, 0.5) is 13.2 Å². The van der Waals surface area contributed by atoms with Gasteiger partial charge in [-0.2, -0.15) is 0 Å². The molecule has 0 saturated heterocycles. The smallest absolute Gasteiger partial charge is 0.328 e. The van der Waals surface area contributed by atoms with Crippen LogP contribution in [0.5, 0.6) is 0 Å². The third-order valence-corrected chi connectivity index (χ3v) is 7.56. The number of nitrogens with zero attached hydrogens (tertiary/aromatic N) is 1. The molecular formula is C20H20F3N3O4S. The van der Waals surface area contributed by atoms with Crippen molar-refractivity contribution in [3.63, 3.8) is 0 Å². The van der Waals surface area contributed by atoms with Crippen molar-refractivity contribution >= 4 is 17.0 Å². The fourth-order valence-electron chi connectivity index (χ4n) is 4.59. The van der Waals surface area contributed by atoms with Gasteiger partial charge in [-0.25, -0.2) is 18.0 Å². The summed E-state index contributed by atoms with van der Waals surface area (Å²) in [6.45, 7) is 0. The highest BCUT2D eigenvalue weighted by Crippen LogP contribution is 2.52. The zero-order valence-electron chi connectivity index (χ0n) is 16.5. The molecular weight excluding hydrogens is 435 g/mol. The van der Waals surface area contributed by atoms with Gasteiger partial charge in [-0.3, -0.25) is 14.3 Å². The molecule has 7 nitrogen and oxygen atoms in total. The molecule has 0 bridgehead atoms. The van der Waals surface area contributed by atoms with E-state index in [2.05, 4.69) is 4.98 Å². The minimum Gasteiger partial charge on any atom is -0.396 e. The summed E-state index contributed by atoms with van der Waals surface area (Å²) in [6, 6.07) is 1.21. The molecule has 3 aliphatic rings. The summed E-state index contributed by atoms with van der Waals surface area (Å²) < 4.78 is 50.5. The van der Waals surface area contributed by atoms with Crippen LogP contribution in [0.15, 0.2) is 21.5 Å². The van der Waals surface area contributed by atoms with Gasteiger partial charge in [0.1, 0.15) is 18.0 Å². The summed E-state index contributed by atoms with van der Waals surface area (Å²) in [4.78, 5) is 28.1. The van der Waals surface area contributed by atoms with E-state index in [1.165, 1.54) is 17.7 Å². The largest absolute Gasteiger partial charge is 0.396 e. The standard InChI is InChI=1S/C20H20F3N3O4S/c1-30-16-11(10-6-8-9(31-10)4-5-20(22,23)17(8)27)13(21)14(24)12-15(16)26(7-2-3-7)19(29)25-18(12)28/h6-7,11,16-17,27H,2-5,24H2,1H3,(H,25,28,29). The first kappa shape index (κ1) is 20.5. The van der Waals surface area contributed by atoms with Crippen LogP contribution in [0.3, 0.4) is 0 Å². The molecule has 1 fully saturated rings. The van der Waals surface area contributed by atoms with Gasteiger partial charge in [-0.1, -0.05) is 0 Å². The number of alkyl halides is 2. The number of aromatic nitrogens is 2. The Balaban J connectivity index is 1.71. The zero-order chi connectivity index (χ0) is 22.2. The Morgan fingerprint density at radius 2 is 2.06 bits per heavy atom. The Morgan fingerprint density at radius 1 is 1.35 bits per heavy atom. The molecule has 166 valence electrons. The van der Waals surface area contributed by atoms with E-state index in [-0.39, 0.29) is 29.3 Å². The van der Waals surface area contributed by atoms with E-state index in [1.807, 2.05) is 0 Å². The first-order valence-electron chi connectivity index (χ1n) is 9.91. The number of halogens is 3. The molecule has 3 unspecified atom stereocenters. The monoisotopic (exact) mass is 455 g/mol. The normalized spacial score (nSPS) is 27.2. The fourth-order valence-corrected chi connectivity index (χ4v) is 5.91. The number of aliphatic hydroxyl groups excluding tert-OH is 1. The molecule has 0 aliphatic heterocycles. The lowest BCUT2D eigenvalue weighted by Crippen LogP contribution is -2.40. The quantitative estimate of drug-likeness (QED) is 0.659. The average molecular weight is 455 g/mol. The number of thiophene rings is 1. The number of hydrogen-bond acceptors (Lipinski definition) is 6. The molecule has 0 aromatic carbocycles. The number of methoxy groups -OCH3 is 1. The molecule has 2 aromatic rings. The van der Waals surface area contributed by atoms with Crippen LogP contribution in [-0.4, -0.2) is 27.7 Å². The van der Waals surface area contributed by atoms with Gasteiger partial charge in [0.25, 0.3) is 11.5 Å². The maximum Gasteiger partial charge on any atom is 0.328 e. The number of aliphatic hydroxyl groups is 1. The first-order chi connectivity index (χ1) is 14.7. The maximum absolute atomic E-state index is 15.5. The molecule has 0 spiro atoms. The van der Waals surface area contributed by atoms with Gasteiger partial charge in [0, 0.05) is 34.9 Å². The van der Waals surface area contributed by atoms with E-state index >= 15 is 4.39 Å². The fraction of sp³-hybridized carbons (Fsp3) is 0.500. The zero-order valence-corrected chi connectivity index (χ0v) is 17.3. The molecule has 3 aliphatic carbocycles. The summed E-state index contributed by atoms with van der Waals surface area (Å²) in [5.41, 5.74) is 4.31. The lowest BCUT2D eigenvalue weighted by atomic mass is 9.85. The molecule has 0 radical (unpaired) electrons. The Kier molecular flexibility index (Phi) is 4.51. The van der Waals surface area contributed by atoms with Gasteiger partial charge in [-0.15, -0.1) is 11.3 Å². The summed E-state index contributed by atoms with van der Waals surface area (Å²) in [5, 5.41) is 10.1.